The number of hydrogen-bond donors (Lipinski definition) is 2. The van der Waals surface area contributed by atoms with E-state index in [2.05, 4.69) is 11.4 Å². The Morgan fingerprint density at radius 3 is 2.55 bits per heavy atom. The predicted octanol–water partition coefficient (Wildman–Crippen LogP) is 3.20. The number of benzene rings is 2. The summed E-state index contributed by atoms with van der Waals surface area (Å²) < 4.78 is 5.80. The second kappa shape index (κ2) is 7.68. The summed E-state index contributed by atoms with van der Waals surface area (Å²) in [4.78, 5) is 0. The lowest BCUT2D eigenvalue weighted by Crippen LogP contribution is -2.22. The van der Waals surface area contributed by atoms with E-state index in [1.165, 1.54) is 5.56 Å². The van der Waals surface area contributed by atoms with Gasteiger partial charge in [0.25, 0.3) is 0 Å². The molecule has 2 rings (SSSR count). The number of nitrogens with one attached hydrogen (secondary N) is 1. The molecule has 2 N–H and O–H groups in total. The topological polar surface area (TPSA) is 41.5 Å². The lowest BCUT2D eigenvalue weighted by atomic mass is 10.2. The van der Waals surface area contributed by atoms with Crippen LogP contribution < -0.4 is 10.1 Å². The molecule has 106 valence electrons. The van der Waals surface area contributed by atoms with Gasteiger partial charge in [0, 0.05) is 19.7 Å². The normalized spacial score (nSPS) is 12.1. The summed E-state index contributed by atoms with van der Waals surface area (Å²) in [6.45, 7) is 3.81. The van der Waals surface area contributed by atoms with E-state index < -0.39 is 0 Å². The molecule has 3 nitrogen and oxygen atoms in total. The van der Waals surface area contributed by atoms with Crippen LogP contribution in [-0.2, 0) is 6.54 Å². The lowest BCUT2D eigenvalue weighted by Gasteiger charge is -2.11. The minimum absolute atomic E-state index is 0.212. The second-order valence-corrected chi connectivity index (χ2v) is 4.98. The summed E-state index contributed by atoms with van der Waals surface area (Å²) in [5.41, 5.74) is 1.17. The van der Waals surface area contributed by atoms with E-state index in [0.29, 0.717) is 0 Å². The first kappa shape index (κ1) is 14.6. The maximum absolute atomic E-state index is 8.98. The van der Waals surface area contributed by atoms with E-state index >= 15 is 0 Å². The Hall–Kier alpha value is -1.84. The fourth-order valence-corrected chi connectivity index (χ4v) is 1.87. The summed E-state index contributed by atoms with van der Waals surface area (Å²) in [6.07, 6.45) is 0. The fraction of sp³-hybridized carbons (Fsp3) is 0.294. The SMILES string of the molecule is CC(CO)CNCc1cccc(Oc2ccccc2)c1. The zero-order valence-electron chi connectivity index (χ0n) is 11.8. The van der Waals surface area contributed by atoms with Gasteiger partial charge < -0.3 is 15.2 Å². The van der Waals surface area contributed by atoms with Crippen LogP contribution in [0.4, 0.5) is 0 Å². The van der Waals surface area contributed by atoms with Gasteiger partial charge in [0.1, 0.15) is 11.5 Å². The van der Waals surface area contributed by atoms with Crippen molar-refractivity contribution in [1.29, 1.82) is 0 Å². The molecular weight excluding hydrogens is 250 g/mol. The van der Waals surface area contributed by atoms with Crippen molar-refractivity contribution in [1.82, 2.24) is 5.32 Å². The van der Waals surface area contributed by atoms with Crippen molar-refractivity contribution in [2.45, 2.75) is 13.5 Å². The van der Waals surface area contributed by atoms with Crippen molar-refractivity contribution >= 4 is 0 Å². The zero-order valence-corrected chi connectivity index (χ0v) is 11.8. The molecule has 0 aromatic heterocycles. The zero-order chi connectivity index (χ0) is 14.2. The Morgan fingerprint density at radius 2 is 1.80 bits per heavy atom. The monoisotopic (exact) mass is 271 g/mol. The summed E-state index contributed by atoms with van der Waals surface area (Å²) in [5, 5.41) is 12.3. The first-order valence-corrected chi connectivity index (χ1v) is 6.91. The Kier molecular flexibility index (Phi) is 5.59. The molecule has 0 fully saturated rings. The van der Waals surface area contributed by atoms with Crippen LogP contribution in [-0.4, -0.2) is 18.3 Å². The molecule has 0 aliphatic rings. The van der Waals surface area contributed by atoms with Gasteiger partial charge in [-0.15, -0.1) is 0 Å². The summed E-state index contributed by atoms with van der Waals surface area (Å²) in [6, 6.07) is 17.8. The van der Waals surface area contributed by atoms with Gasteiger partial charge in [-0.2, -0.15) is 0 Å². The van der Waals surface area contributed by atoms with Crippen LogP contribution in [0.3, 0.4) is 0 Å². The Morgan fingerprint density at radius 1 is 1.05 bits per heavy atom. The number of rotatable bonds is 7. The maximum Gasteiger partial charge on any atom is 0.127 e. The van der Waals surface area contributed by atoms with Gasteiger partial charge >= 0.3 is 0 Å². The Labute approximate surface area is 120 Å². The van der Waals surface area contributed by atoms with Crippen molar-refractivity contribution in [2.24, 2.45) is 5.92 Å². The van der Waals surface area contributed by atoms with Crippen LogP contribution in [0.2, 0.25) is 0 Å². The van der Waals surface area contributed by atoms with E-state index in [0.717, 1.165) is 24.6 Å². The molecule has 2 aromatic rings. The molecular formula is C17H21NO2. The van der Waals surface area contributed by atoms with Gasteiger partial charge in [0.15, 0.2) is 0 Å². The van der Waals surface area contributed by atoms with Crippen molar-refractivity contribution in [3.8, 4) is 11.5 Å². The maximum atomic E-state index is 8.98. The summed E-state index contributed by atoms with van der Waals surface area (Å²) >= 11 is 0. The number of ether oxygens (including phenoxy) is 1. The second-order valence-electron chi connectivity index (χ2n) is 4.98. The standard InChI is InChI=1S/C17H21NO2/c1-14(13-19)11-18-12-15-6-5-9-17(10-15)20-16-7-3-2-4-8-16/h2-10,14,18-19H,11-13H2,1H3. The molecule has 1 unspecified atom stereocenters. The molecule has 0 heterocycles. The van der Waals surface area contributed by atoms with Gasteiger partial charge in [0.2, 0.25) is 0 Å². The van der Waals surface area contributed by atoms with E-state index in [4.69, 9.17) is 9.84 Å². The smallest absolute Gasteiger partial charge is 0.127 e. The van der Waals surface area contributed by atoms with Gasteiger partial charge in [-0.1, -0.05) is 37.3 Å². The third-order valence-corrected chi connectivity index (χ3v) is 3.01. The van der Waals surface area contributed by atoms with Crippen molar-refractivity contribution < 1.29 is 9.84 Å². The molecule has 0 aliphatic heterocycles. The quantitative estimate of drug-likeness (QED) is 0.812. The third-order valence-electron chi connectivity index (χ3n) is 3.01. The predicted molar refractivity (Wildman–Crippen MR) is 80.9 cm³/mol. The van der Waals surface area contributed by atoms with Gasteiger partial charge in [-0.25, -0.2) is 0 Å². The molecule has 0 saturated carbocycles. The van der Waals surface area contributed by atoms with Crippen LogP contribution in [0.25, 0.3) is 0 Å². The minimum Gasteiger partial charge on any atom is -0.457 e. The average molecular weight is 271 g/mol. The highest BCUT2D eigenvalue weighted by Crippen LogP contribution is 2.21. The molecule has 1 atom stereocenters. The number of aliphatic hydroxyl groups is 1. The first-order valence-electron chi connectivity index (χ1n) is 6.91. The van der Waals surface area contributed by atoms with E-state index in [1.54, 1.807) is 0 Å². The fourth-order valence-electron chi connectivity index (χ4n) is 1.87. The first-order chi connectivity index (χ1) is 9.78. The van der Waals surface area contributed by atoms with E-state index in [-0.39, 0.29) is 12.5 Å². The van der Waals surface area contributed by atoms with E-state index in [1.807, 2.05) is 55.5 Å². The Bertz CT molecular complexity index is 513. The molecule has 0 saturated heterocycles. The Balaban J connectivity index is 1.91. The van der Waals surface area contributed by atoms with Crippen LogP contribution in [0, 0.1) is 5.92 Å². The van der Waals surface area contributed by atoms with Crippen molar-refractivity contribution in [3.05, 3.63) is 60.2 Å². The lowest BCUT2D eigenvalue weighted by molar-refractivity contribution is 0.233. The summed E-state index contributed by atoms with van der Waals surface area (Å²) in [7, 11) is 0. The van der Waals surface area contributed by atoms with Gasteiger partial charge in [-0.3, -0.25) is 0 Å². The molecule has 20 heavy (non-hydrogen) atoms. The molecule has 0 bridgehead atoms. The number of para-hydroxylation sites is 1. The van der Waals surface area contributed by atoms with Gasteiger partial charge in [0.05, 0.1) is 0 Å². The number of hydrogen-bond acceptors (Lipinski definition) is 3. The summed E-state index contributed by atoms with van der Waals surface area (Å²) in [5.74, 6) is 1.95. The molecule has 0 radical (unpaired) electrons. The van der Waals surface area contributed by atoms with Crippen molar-refractivity contribution in [3.63, 3.8) is 0 Å². The van der Waals surface area contributed by atoms with Gasteiger partial charge in [-0.05, 0) is 35.7 Å². The average Bonchev–Trinajstić information content (AvgIpc) is 2.48. The number of aliphatic hydroxyl groups excluding tert-OH is 1. The van der Waals surface area contributed by atoms with Crippen LogP contribution in [0.15, 0.2) is 54.6 Å². The highest BCUT2D eigenvalue weighted by Gasteiger charge is 2.01. The van der Waals surface area contributed by atoms with Crippen LogP contribution >= 0.6 is 0 Å². The molecule has 0 aliphatic carbocycles. The van der Waals surface area contributed by atoms with Crippen molar-refractivity contribution in [2.75, 3.05) is 13.2 Å². The third kappa shape index (κ3) is 4.68. The minimum atomic E-state index is 0.212. The largest absolute Gasteiger partial charge is 0.457 e. The highest BCUT2D eigenvalue weighted by molar-refractivity contribution is 5.33. The molecule has 0 amide bonds. The van der Waals surface area contributed by atoms with E-state index in [9.17, 15) is 0 Å². The highest BCUT2D eigenvalue weighted by atomic mass is 16.5. The molecule has 3 heteroatoms. The van der Waals surface area contributed by atoms with Crippen LogP contribution in [0.1, 0.15) is 12.5 Å². The molecule has 2 aromatic carbocycles. The van der Waals surface area contributed by atoms with Crippen LogP contribution in [0.5, 0.6) is 11.5 Å². The molecule has 0 spiro atoms.